The minimum atomic E-state index is -4.36. The van der Waals surface area contributed by atoms with E-state index < -0.39 is 17.3 Å². The summed E-state index contributed by atoms with van der Waals surface area (Å²) in [4.78, 5) is 13.9. The predicted molar refractivity (Wildman–Crippen MR) is 80.0 cm³/mol. The van der Waals surface area contributed by atoms with E-state index in [0.717, 1.165) is 12.1 Å². The van der Waals surface area contributed by atoms with Crippen molar-refractivity contribution in [1.29, 1.82) is 0 Å². The number of morpholine rings is 1. The molecule has 0 aromatic heterocycles. The lowest BCUT2D eigenvalue weighted by Crippen LogP contribution is -2.53. The Morgan fingerprint density at radius 1 is 1.30 bits per heavy atom. The monoisotopic (exact) mass is 330 g/mol. The van der Waals surface area contributed by atoms with Gasteiger partial charge in [0.25, 0.3) is 0 Å². The number of nitrogens with zero attached hydrogens (tertiary/aromatic N) is 1. The van der Waals surface area contributed by atoms with Crippen LogP contribution in [-0.4, -0.2) is 36.2 Å². The number of rotatable bonds is 2. The van der Waals surface area contributed by atoms with Crippen LogP contribution in [-0.2, 0) is 10.9 Å². The van der Waals surface area contributed by atoms with Crippen molar-refractivity contribution in [3.05, 3.63) is 35.4 Å². The van der Waals surface area contributed by atoms with Crippen LogP contribution in [0.5, 0.6) is 0 Å². The zero-order valence-corrected chi connectivity index (χ0v) is 13.4. The third-order valence-electron chi connectivity index (χ3n) is 3.79. The van der Waals surface area contributed by atoms with Gasteiger partial charge in [-0.15, -0.1) is 0 Å². The van der Waals surface area contributed by atoms with Crippen molar-refractivity contribution in [3.63, 3.8) is 0 Å². The van der Waals surface area contributed by atoms with Gasteiger partial charge in [-0.3, -0.25) is 0 Å². The molecule has 0 radical (unpaired) electrons. The van der Waals surface area contributed by atoms with E-state index in [4.69, 9.17) is 4.74 Å². The summed E-state index contributed by atoms with van der Waals surface area (Å²) in [6.07, 6.45) is -4.36. The van der Waals surface area contributed by atoms with E-state index in [1.807, 2.05) is 13.8 Å². The van der Waals surface area contributed by atoms with Gasteiger partial charge in [0, 0.05) is 6.54 Å². The van der Waals surface area contributed by atoms with Gasteiger partial charge in [-0.05, 0) is 38.5 Å². The first-order valence-corrected chi connectivity index (χ1v) is 7.45. The smallest absolute Gasteiger partial charge is 0.372 e. The number of urea groups is 1. The average Bonchev–Trinajstić information content (AvgIpc) is 2.45. The van der Waals surface area contributed by atoms with E-state index in [2.05, 4.69) is 5.32 Å². The van der Waals surface area contributed by atoms with Crippen molar-refractivity contribution in [2.75, 3.05) is 19.7 Å². The first kappa shape index (κ1) is 17.6. The van der Waals surface area contributed by atoms with Crippen molar-refractivity contribution in [2.45, 2.75) is 38.6 Å². The Bertz CT molecular complexity index is 555. The van der Waals surface area contributed by atoms with E-state index in [9.17, 15) is 18.0 Å². The lowest BCUT2D eigenvalue weighted by atomic mass is 10.1. The highest BCUT2D eigenvalue weighted by Crippen LogP contribution is 2.30. The number of hydrogen-bond donors (Lipinski definition) is 1. The van der Waals surface area contributed by atoms with E-state index in [1.54, 1.807) is 11.8 Å². The molecule has 2 amide bonds. The van der Waals surface area contributed by atoms with Crippen molar-refractivity contribution in [3.8, 4) is 0 Å². The molecule has 4 nitrogen and oxygen atoms in total. The summed E-state index contributed by atoms with van der Waals surface area (Å²) in [6, 6.07) is 4.20. The van der Waals surface area contributed by atoms with Crippen LogP contribution >= 0.6 is 0 Å². The Labute approximate surface area is 133 Å². The van der Waals surface area contributed by atoms with Crippen LogP contribution < -0.4 is 5.32 Å². The minimum absolute atomic E-state index is 0.242. The van der Waals surface area contributed by atoms with E-state index in [1.165, 1.54) is 12.1 Å². The standard InChI is InChI=1S/C16H21F3N2O2/c1-11(12-4-6-13(7-5-12)16(17,18)19)20-14(22)21-8-9-23-15(2,3)10-21/h4-7,11H,8-10H2,1-3H3,(H,20,22). The summed E-state index contributed by atoms with van der Waals surface area (Å²) in [5.74, 6) is 0. The fourth-order valence-corrected chi connectivity index (χ4v) is 2.51. The maximum atomic E-state index is 12.6. The first-order chi connectivity index (χ1) is 10.6. The van der Waals surface area contributed by atoms with Crippen molar-refractivity contribution < 1.29 is 22.7 Å². The second-order valence-electron chi connectivity index (χ2n) is 6.32. The Morgan fingerprint density at radius 3 is 2.43 bits per heavy atom. The third kappa shape index (κ3) is 4.60. The molecule has 1 fully saturated rings. The molecule has 0 saturated carbocycles. The molecule has 1 aliphatic heterocycles. The summed E-state index contributed by atoms with van der Waals surface area (Å²) in [6.45, 7) is 6.99. The SMILES string of the molecule is CC(NC(=O)N1CCOC(C)(C)C1)c1ccc(C(F)(F)F)cc1. The molecule has 1 atom stereocenters. The number of alkyl halides is 3. The molecule has 0 spiro atoms. The normalized spacial score (nSPS) is 19.3. The van der Waals surface area contributed by atoms with Gasteiger partial charge in [0.05, 0.1) is 30.4 Å². The maximum absolute atomic E-state index is 12.6. The Kier molecular flexibility index (Phi) is 4.89. The van der Waals surface area contributed by atoms with Gasteiger partial charge in [0.1, 0.15) is 0 Å². The quantitative estimate of drug-likeness (QED) is 0.900. The second-order valence-corrected chi connectivity index (χ2v) is 6.32. The second kappa shape index (κ2) is 6.39. The number of carbonyl (C=O) groups is 1. The van der Waals surface area contributed by atoms with E-state index >= 15 is 0 Å². The van der Waals surface area contributed by atoms with Crippen LogP contribution in [0.1, 0.15) is 37.9 Å². The maximum Gasteiger partial charge on any atom is 0.416 e. The van der Waals surface area contributed by atoms with Gasteiger partial charge in [0.15, 0.2) is 0 Å². The topological polar surface area (TPSA) is 41.6 Å². The van der Waals surface area contributed by atoms with Crippen LogP contribution in [0.2, 0.25) is 0 Å². The Balaban J connectivity index is 1.98. The van der Waals surface area contributed by atoms with Crippen LogP contribution in [0.25, 0.3) is 0 Å². The fraction of sp³-hybridized carbons (Fsp3) is 0.562. The molecule has 7 heteroatoms. The van der Waals surface area contributed by atoms with E-state index in [0.29, 0.717) is 25.3 Å². The zero-order chi connectivity index (χ0) is 17.3. The highest BCUT2D eigenvalue weighted by Gasteiger charge is 2.31. The average molecular weight is 330 g/mol. The lowest BCUT2D eigenvalue weighted by molar-refractivity contribution is -0.137. The predicted octanol–water partition coefficient (Wildman–Crippen LogP) is 3.59. The van der Waals surface area contributed by atoms with Crippen LogP contribution in [0.4, 0.5) is 18.0 Å². The largest absolute Gasteiger partial charge is 0.416 e. The summed E-state index contributed by atoms with van der Waals surface area (Å²) >= 11 is 0. The van der Waals surface area contributed by atoms with Gasteiger partial charge in [-0.25, -0.2) is 4.79 Å². The fourth-order valence-electron chi connectivity index (χ4n) is 2.51. The minimum Gasteiger partial charge on any atom is -0.372 e. The van der Waals surface area contributed by atoms with Gasteiger partial charge in [0.2, 0.25) is 0 Å². The molecular weight excluding hydrogens is 309 g/mol. The lowest BCUT2D eigenvalue weighted by Gasteiger charge is -2.38. The van der Waals surface area contributed by atoms with Crippen LogP contribution in [0.15, 0.2) is 24.3 Å². The van der Waals surface area contributed by atoms with Gasteiger partial charge >= 0.3 is 12.2 Å². The van der Waals surface area contributed by atoms with Crippen LogP contribution in [0, 0.1) is 0 Å². The van der Waals surface area contributed by atoms with E-state index in [-0.39, 0.29) is 12.1 Å². The molecule has 23 heavy (non-hydrogen) atoms. The third-order valence-corrected chi connectivity index (χ3v) is 3.79. The van der Waals surface area contributed by atoms with Gasteiger partial charge < -0.3 is 15.0 Å². The van der Waals surface area contributed by atoms with Crippen molar-refractivity contribution in [1.82, 2.24) is 10.2 Å². The number of ether oxygens (including phenoxy) is 1. The van der Waals surface area contributed by atoms with Crippen molar-refractivity contribution in [2.24, 2.45) is 0 Å². The number of amides is 2. The zero-order valence-electron chi connectivity index (χ0n) is 13.4. The molecule has 2 rings (SSSR count). The molecule has 1 heterocycles. The molecule has 1 aliphatic rings. The summed E-state index contributed by atoms with van der Waals surface area (Å²) in [5.41, 5.74) is -0.471. The molecular formula is C16H21F3N2O2. The number of hydrogen-bond acceptors (Lipinski definition) is 2. The number of nitrogens with one attached hydrogen (secondary N) is 1. The molecule has 128 valence electrons. The number of carbonyl (C=O) groups excluding carboxylic acids is 1. The molecule has 1 unspecified atom stereocenters. The van der Waals surface area contributed by atoms with Gasteiger partial charge in [-0.1, -0.05) is 12.1 Å². The molecule has 1 N–H and O–H groups in total. The molecule has 1 aromatic rings. The highest BCUT2D eigenvalue weighted by atomic mass is 19.4. The molecule has 1 aromatic carbocycles. The number of halogens is 3. The summed E-state index contributed by atoms with van der Waals surface area (Å²) in [7, 11) is 0. The van der Waals surface area contributed by atoms with Crippen molar-refractivity contribution >= 4 is 6.03 Å². The van der Waals surface area contributed by atoms with Gasteiger partial charge in [-0.2, -0.15) is 13.2 Å². The molecule has 0 aliphatic carbocycles. The highest BCUT2D eigenvalue weighted by molar-refractivity contribution is 5.75. The molecule has 1 saturated heterocycles. The number of benzene rings is 1. The Hall–Kier alpha value is -1.76. The van der Waals surface area contributed by atoms with Crippen LogP contribution in [0.3, 0.4) is 0 Å². The first-order valence-electron chi connectivity index (χ1n) is 7.45. The summed E-state index contributed by atoms with van der Waals surface area (Å²) < 4.78 is 43.2. The summed E-state index contributed by atoms with van der Waals surface area (Å²) in [5, 5.41) is 2.81. The molecule has 0 bridgehead atoms. The Morgan fingerprint density at radius 2 is 1.91 bits per heavy atom.